The highest BCUT2D eigenvalue weighted by molar-refractivity contribution is 9.10. The van der Waals surface area contributed by atoms with E-state index in [1.54, 1.807) is 15.6 Å². The van der Waals surface area contributed by atoms with Gasteiger partial charge in [-0.1, -0.05) is 58.4 Å². The highest BCUT2D eigenvalue weighted by atomic mass is 79.9. The minimum Gasteiger partial charge on any atom is -0.350 e. The molecule has 2 heterocycles. The lowest BCUT2D eigenvalue weighted by Crippen LogP contribution is -2.27. The first-order chi connectivity index (χ1) is 16.1. The number of halogens is 1. The predicted molar refractivity (Wildman–Crippen MR) is 131 cm³/mol. The summed E-state index contributed by atoms with van der Waals surface area (Å²) >= 11 is 3.41. The average molecular weight is 502 g/mol. The van der Waals surface area contributed by atoms with Crippen LogP contribution >= 0.6 is 15.9 Å². The number of aromatic nitrogens is 4. The molecule has 0 aliphatic rings. The first-order valence-corrected chi connectivity index (χ1v) is 11.3. The smallest absolute Gasteiger partial charge is 0.264 e. The molecular weight excluding hydrogens is 482 g/mol. The van der Waals surface area contributed by atoms with Gasteiger partial charge in [0, 0.05) is 16.6 Å². The fourth-order valence-corrected chi connectivity index (χ4v) is 4.03. The van der Waals surface area contributed by atoms with Crippen LogP contribution in [0.25, 0.3) is 21.8 Å². The Morgan fingerprint density at radius 1 is 1.00 bits per heavy atom. The number of amides is 1. The van der Waals surface area contributed by atoms with E-state index in [0.29, 0.717) is 36.2 Å². The van der Waals surface area contributed by atoms with Crippen molar-refractivity contribution in [1.29, 1.82) is 0 Å². The monoisotopic (exact) mass is 501 g/mol. The molecule has 0 aliphatic heterocycles. The second-order valence-corrected chi connectivity index (χ2v) is 8.64. The third-order valence-corrected chi connectivity index (χ3v) is 6.04. The second-order valence-electron chi connectivity index (χ2n) is 7.73. The quantitative estimate of drug-likeness (QED) is 0.381. The van der Waals surface area contributed by atoms with Gasteiger partial charge in [0.25, 0.3) is 11.5 Å². The minimum atomic E-state index is -0.151. The summed E-state index contributed by atoms with van der Waals surface area (Å²) in [6, 6.07) is 21.4. The maximum Gasteiger partial charge on any atom is 0.264 e. The number of hydrogen-bond acceptors (Lipinski definition) is 4. The van der Waals surface area contributed by atoms with Crippen molar-refractivity contribution in [3.8, 4) is 0 Å². The zero-order valence-electron chi connectivity index (χ0n) is 17.6. The molecule has 1 amide bonds. The molecule has 0 fully saturated rings. The SMILES string of the molecule is O=C(NCCn1ncc2c(=O)n(Cc3ccc(Br)cc3)cnc21)c1ccc2ccccc2c1. The Morgan fingerprint density at radius 3 is 2.61 bits per heavy atom. The summed E-state index contributed by atoms with van der Waals surface area (Å²) in [7, 11) is 0. The van der Waals surface area contributed by atoms with Crippen LogP contribution in [0.1, 0.15) is 15.9 Å². The lowest BCUT2D eigenvalue weighted by Gasteiger charge is -2.08. The van der Waals surface area contributed by atoms with E-state index >= 15 is 0 Å². The number of rotatable bonds is 6. The van der Waals surface area contributed by atoms with Crippen LogP contribution in [0.2, 0.25) is 0 Å². The van der Waals surface area contributed by atoms with E-state index in [-0.39, 0.29) is 11.5 Å². The van der Waals surface area contributed by atoms with E-state index < -0.39 is 0 Å². The Balaban J connectivity index is 1.27. The van der Waals surface area contributed by atoms with Gasteiger partial charge < -0.3 is 5.32 Å². The van der Waals surface area contributed by atoms with Crippen LogP contribution in [0.3, 0.4) is 0 Å². The number of fused-ring (bicyclic) bond motifs is 2. The summed E-state index contributed by atoms with van der Waals surface area (Å²) < 4.78 is 4.20. The van der Waals surface area contributed by atoms with E-state index in [2.05, 4.69) is 31.3 Å². The van der Waals surface area contributed by atoms with Gasteiger partial charge in [0.2, 0.25) is 0 Å². The van der Waals surface area contributed by atoms with E-state index in [4.69, 9.17) is 0 Å². The van der Waals surface area contributed by atoms with Crippen LogP contribution in [0, 0.1) is 0 Å². The maximum absolute atomic E-state index is 12.9. The van der Waals surface area contributed by atoms with Crippen molar-refractivity contribution in [2.75, 3.05) is 6.54 Å². The molecule has 2 aromatic heterocycles. The van der Waals surface area contributed by atoms with Crippen molar-refractivity contribution in [1.82, 2.24) is 24.6 Å². The second kappa shape index (κ2) is 8.99. The summed E-state index contributed by atoms with van der Waals surface area (Å²) in [5.41, 5.74) is 1.97. The number of nitrogens with one attached hydrogen (secondary N) is 1. The van der Waals surface area contributed by atoms with Gasteiger partial charge in [-0.2, -0.15) is 5.10 Å². The van der Waals surface area contributed by atoms with Crippen molar-refractivity contribution in [3.05, 3.63) is 105 Å². The predicted octanol–water partition coefficient (Wildman–Crippen LogP) is 3.99. The third-order valence-electron chi connectivity index (χ3n) is 5.51. The third kappa shape index (κ3) is 4.42. The first-order valence-electron chi connectivity index (χ1n) is 10.5. The zero-order chi connectivity index (χ0) is 22.8. The van der Waals surface area contributed by atoms with Crippen molar-refractivity contribution in [3.63, 3.8) is 0 Å². The van der Waals surface area contributed by atoms with E-state index in [1.807, 2.05) is 66.7 Å². The summed E-state index contributed by atoms with van der Waals surface area (Å²) in [6.07, 6.45) is 3.08. The summed E-state index contributed by atoms with van der Waals surface area (Å²) in [5, 5.41) is 9.79. The Bertz CT molecular complexity index is 1520. The van der Waals surface area contributed by atoms with Gasteiger partial charge in [0.1, 0.15) is 11.7 Å². The fraction of sp³-hybridized carbons (Fsp3) is 0.120. The van der Waals surface area contributed by atoms with Crippen LogP contribution in [-0.4, -0.2) is 31.8 Å². The van der Waals surface area contributed by atoms with E-state index in [0.717, 1.165) is 20.8 Å². The van der Waals surface area contributed by atoms with Crippen LogP contribution < -0.4 is 10.9 Å². The summed E-state index contributed by atoms with van der Waals surface area (Å²) in [5.74, 6) is -0.151. The number of carbonyl (C=O) groups excluding carboxylic acids is 1. The molecule has 1 N–H and O–H groups in total. The molecule has 0 unspecified atom stereocenters. The molecule has 0 spiro atoms. The lowest BCUT2D eigenvalue weighted by molar-refractivity contribution is 0.0952. The molecular formula is C25H20BrN5O2. The van der Waals surface area contributed by atoms with Gasteiger partial charge in [-0.3, -0.25) is 14.2 Å². The summed E-state index contributed by atoms with van der Waals surface area (Å²) in [4.78, 5) is 29.9. The maximum atomic E-state index is 12.9. The van der Waals surface area contributed by atoms with Gasteiger partial charge in [-0.05, 0) is 40.6 Å². The standard InChI is InChI=1S/C25H20BrN5O2/c26-21-9-5-17(6-10-21)15-30-16-28-23-22(25(30)33)14-29-31(23)12-11-27-24(32)20-8-7-18-3-1-2-4-19(18)13-20/h1-10,13-14,16H,11-12,15H2,(H,27,32). The normalized spacial score (nSPS) is 11.2. The Labute approximate surface area is 197 Å². The Hall–Kier alpha value is -3.78. The topological polar surface area (TPSA) is 81.8 Å². The molecule has 0 radical (unpaired) electrons. The molecule has 3 aromatic carbocycles. The van der Waals surface area contributed by atoms with Crippen LogP contribution in [0.15, 0.2) is 88.5 Å². The van der Waals surface area contributed by atoms with Crippen molar-refractivity contribution >= 4 is 43.6 Å². The molecule has 164 valence electrons. The van der Waals surface area contributed by atoms with E-state index in [9.17, 15) is 9.59 Å². The number of hydrogen-bond donors (Lipinski definition) is 1. The van der Waals surface area contributed by atoms with Crippen molar-refractivity contribution in [2.24, 2.45) is 0 Å². The molecule has 0 bridgehead atoms. The molecule has 0 saturated carbocycles. The lowest BCUT2D eigenvalue weighted by atomic mass is 10.1. The highest BCUT2D eigenvalue weighted by Gasteiger charge is 2.11. The molecule has 0 saturated heterocycles. The molecule has 8 heteroatoms. The van der Waals surface area contributed by atoms with Crippen LogP contribution in [0.4, 0.5) is 0 Å². The Morgan fingerprint density at radius 2 is 1.79 bits per heavy atom. The zero-order valence-corrected chi connectivity index (χ0v) is 19.2. The summed E-state index contributed by atoms with van der Waals surface area (Å²) in [6.45, 7) is 1.21. The number of benzene rings is 3. The van der Waals surface area contributed by atoms with E-state index in [1.165, 1.54) is 6.20 Å². The van der Waals surface area contributed by atoms with Gasteiger partial charge in [-0.15, -0.1) is 0 Å². The molecule has 5 rings (SSSR count). The fourth-order valence-electron chi connectivity index (χ4n) is 3.77. The van der Waals surface area contributed by atoms with Crippen LogP contribution in [-0.2, 0) is 13.1 Å². The van der Waals surface area contributed by atoms with Crippen molar-refractivity contribution in [2.45, 2.75) is 13.1 Å². The van der Waals surface area contributed by atoms with Crippen LogP contribution in [0.5, 0.6) is 0 Å². The van der Waals surface area contributed by atoms with Gasteiger partial charge in [0.15, 0.2) is 5.65 Å². The highest BCUT2D eigenvalue weighted by Crippen LogP contribution is 2.16. The number of nitrogens with zero attached hydrogens (tertiary/aromatic N) is 4. The largest absolute Gasteiger partial charge is 0.350 e. The molecule has 5 aromatic rings. The average Bonchev–Trinajstić information content (AvgIpc) is 3.25. The number of carbonyl (C=O) groups is 1. The van der Waals surface area contributed by atoms with Gasteiger partial charge >= 0.3 is 0 Å². The molecule has 0 atom stereocenters. The van der Waals surface area contributed by atoms with Gasteiger partial charge in [-0.25, -0.2) is 9.67 Å². The molecule has 7 nitrogen and oxygen atoms in total. The molecule has 33 heavy (non-hydrogen) atoms. The minimum absolute atomic E-state index is 0.144. The molecule has 0 aliphatic carbocycles. The Kier molecular flexibility index (Phi) is 5.75. The van der Waals surface area contributed by atoms with Crippen molar-refractivity contribution < 1.29 is 4.79 Å². The first kappa shape index (κ1) is 21.1. The van der Waals surface area contributed by atoms with Gasteiger partial charge in [0.05, 0.1) is 19.3 Å².